The van der Waals surface area contributed by atoms with Gasteiger partial charge < -0.3 is 5.11 Å². The van der Waals surface area contributed by atoms with Crippen molar-refractivity contribution < 1.29 is 9.90 Å². The number of carbonyl (C=O) groups is 1. The van der Waals surface area contributed by atoms with Gasteiger partial charge in [-0.25, -0.2) is 9.78 Å². The van der Waals surface area contributed by atoms with Crippen molar-refractivity contribution in [1.82, 2.24) is 19.7 Å². The molecule has 0 aliphatic rings. The number of carboxylic acids is 1. The molecule has 32 heavy (non-hydrogen) atoms. The number of thioether (sulfide) groups is 1. The Balaban J connectivity index is 1.93. The van der Waals surface area contributed by atoms with E-state index in [-0.39, 0.29) is 5.69 Å². The molecule has 0 aliphatic heterocycles. The van der Waals surface area contributed by atoms with Gasteiger partial charge in [0.25, 0.3) is 0 Å². The molecular formula is C22H18Cl2N4O2S2. The summed E-state index contributed by atoms with van der Waals surface area (Å²) in [6.45, 7) is 5.96. The summed E-state index contributed by atoms with van der Waals surface area (Å²) in [5.74, 6) is -1.12. The van der Waals surface area contributed by atoms with Crippen molar-refractivity contribution in [2.24, 2.45) is 0 Å². The van der Waals surface area contributed by atoms with Gasteiger partial charge in [0.1, 0.15) is 0 Å². The summed E-state index contributed by atoms with van der Waals surface area (Å²) in [7, 11) is 0. The lowest BCUT2D eigenvalue weighted by Gasteiger charge is -2.05. The van der Waals surface area contributed by atoms with Crippen molar-refractivity contribution in [2.75, 3.05) is 0 Å². The van der Waals surface area contributed by atoms with Gasteiger partial charge in [-0.05, 0) is 42.8 Å². The summed E-state index contributed by atoms with van der Waals surface area (Å²) in [5.41, 5.74) is 3.29. The third-order valence-corrected chi connectivity index (χ3v) is 7.16. The molecule has 6 nitrogen and oxygen atoms in total. The normalized spacial score (nSPS) is 11.3. The molecule has 4 rings (SSSR count). The van der Waals surface area contributed by atoms with Crippen molar-refractivity contribution in [2.45, 2.75) is 30.2 Å². The van der Waals surface area contributed by atoms with Crippen LogP contribution in [0.5, 0.6) is 0 Å². The Morgan fingerprint density at radius 3 is 2.38 bits per heavy atom. The number of pyridine rings is 1. The second-order valence-electron chi connectivity index (χ2n) is 7.22. The molecule has 10 heteroatoms. The van der Waals surface area contributed by atoms with Crippen molar-refractivity contribution >= 4 is 52.3 Å². The van der Waals surface area contributed by atoms with Crippen LogP contribution in [0.15, 0.2) is 46.9 Å². The average Bonchev–Trinajstić information content (AvgIpc) is 3.28. The zero-order chi connectivity index (χ0) is 23.0. The molecule has 0 unspecified atom stereocenters. The standard InChI is InChI=1S/C22H18Cl2N4O2S2/c1-11(2)31-21-18(13-4-6-25-7-5-13)26-22(32-21)28-19(20(29)30)17(12(3)27-28)14-8-15(23)10-16(24)9-14/h4-11H,1-3H3,(H,29,30). The minimum atomic E-state index is -1.12. The lowest BCUT2D eigenvalue weighted by molar-refractivity contribution is 0.0688. The molecule has 0 saturated heterocycles. The maximum absolute atomic E-state index is 12.3. The van der Waals surface area contributed by atoms with Crippen LogP contribution in [-0.2, 0) is 0 Å². The van der Waals surface area contributed by atoms with Crippen molar-refractivity contribution in [3.05, 3.63) is 64.2 Å². The van der Waals surface area contributed by atoms with Crippen LogP contribution in [-0.4, -0.2) is 36.1 Å². The van der Waals surface area contributed by atoms with Crippen molar-refractivity contribution in [3.63, 3.8) is 0 Å². The number of benzene rings is 1. The third-order valence-electron chi connectivity index (χ3n) is 4.48. The van der Waals surface area contributed by atoms with Crippen LogP contribution in [0.25, 0.3) is 27.5 Å². The number of aromatic carboxylic acids is 1. The van der Waals surface area contributed by atoms with E-state index in [0.717, 1.165) is 15.5 Å². The van der Waals surface area contributed by atoms with E-state index in [1.54, 1.807) is 49.3 Å². The molecule has 0 spiro atoms. The van der Waals surface area contributed by atoms with Gasteiger partial charge in [0.2, 0.25) is 5.13 Å². The molecule has 0 saturated carbocycles. The number of halogens is 2. The smallest absolute Gasteiger partial charge is 0.355 e. The molecule has 0 fully saturated rings. The molecule has 164 valence electrons. The Hall–Kier alpha value is -2.39. The van der Waals surface area contributed by atoms with E-state index in [2.05, 4.69) is 23.9 Å². The first kappa shape index (κ1) is 22.8. The first-order valence-corrected chi connectivity index (χ1v) is 12.1. The monoisotopic (exact) mass is 504 g/mol. The largest absolute Gasteiger partial charge is 0.476 e. The van der Waals surface area contributed by atoms with Crippen LogP contribution in [0.2, 0.25) is 10.0 Å². The number of aryl methyl sites for hydroxylation is 1. The zero-order valence-corrected chi connectivity index (χ0v) is 20.5. The van der Waals surface area contributed by atoms with Gasteiger partial charge in [0, 0.05) is 38.8 Å². The number of hydrogen-bond donors (Lipinski definition) is 1. The Kier molecular flexibility index (Phi) is 6.57. The number of thiazole rings is 1. The predicted octanol–water partition coefficient (Wildman–Crippen LogP) is 6.87. The van der Waals surface area contributed by atoms with Crippen LogP contribution in [0.1, 0.15) is 30.0 Å². The van der Waals surface area contributed by atoms with E-state index in [4.69, 9.17) is 28.2 Å². The summed E-state index contributed by atoms with van der Waals surface area (Å²) < 4.78 is 2.37. The molecular weight excluding hydrogens is 487 g/mol. The molecule has 3 heterocycles. The minimum absolute atomic E-state index is 0.0111. The molecule has 4 aromatic rings. The Morgan fingerprint density at radius 1 is 1.12 bits per heavy atom. The molecule has 0 atom stereocenters. The van der Waals surface area contributed by atoms with Gasteiger partial charge in [-0.1, -0.05) is 48.4 Å². The maximum atomic E-state index is 12.3. The summed E-state index contributed by atoms with van der Waals surface area (Å²) >= 11 is 15.4. The number of nitrogens with zero attached hydrogens (tertiary/aromatic N) is 4. The zero-order valence-electron chi connectivity index (χ0n) is 17.3. The van der Waals surface area contributed by atoms with Gasteiger partial charge in [-0.3, -0.25) is 4.98 Å². The summed E-state index contributed by atoms with van der Waals surface area (Å²) in [4.78, 5) is 21.2. The Labute approximate surface area is 203 Å². The van der Waals surface area contributed by atoms with E-state index in [1.165, 1.54) is 16.0 Å². The second kappa shape index (κ2) is 9.23. The SMILES string of the molecule is Cc1nn(-c2nc(-c3ccncc3)c(SC(C)C)s2)c(C(=O)O)c1-c1cc(Cl)cc(Cl)c1. The molecule has 1 N–H and O–H groups in total. The van der Waals surface area contributed by atoms with E-state index >= 15 is 0 Å². The van der Waals surface area contributed by atoms with Gasteiger partial charge in [0.05, 0.1) is 15.6 Å². The fraction of sp³-hybridized carbons (Fsp3) is 0.182. The van der Waals surface area contributed by atoms with E-state index < -0.39 is 5.97 Å². The lowest BCUT2D eigenvalue weighted by atomic mass is 10.0. The van der Waals surface area contributed by atoms with Crippen LogP contribution in [0.4, 0.5) is 0 Å². The number of hydrogen-bond acceptors (Lipinski definition) is 6. The van der Waals surface area contributed by atoms with Gasteiger partial charge in [-0.15, -0.1) is 11.8 Å². The van der Waals surface area contributed by atoms with Crippen LogP contribution in [0.3, 0.4) is 0 Å². The van der Waals surface area contributed by atoms with E-state index in [1.807, 2.05) is 12.1 Å². The van der Waals surface area contributed by atoms with Crippen molar-refractivity contribution in [1.29, 1.82) is 0 Å². The lowest BCUT2D eigenvalue weighted by Crippen LogP contribution is -2.09. The highest BCUT2D eigenvalue weighted by Crippen LogP contribution is 2.41. The topological polar surface area (TPSA) is 80.9 Å². The van der Waals surface area contributed by atoms with E-state index in [9.17, 15) is 9.90 Å². The number of aromatic nitrogens is 4. The second-order valence-corrected chi connectivity index (χ2v) is 10.9. The highest BCUT2D eigenvalue weighted by atomic mass is 35.5. The summed E-state index contributed by atoms with van der Waals surface area (Å²) in [5, 5.41) is 16.3. The van der Waals surface area contributed by atoms with Crippen LogP contribution < -0.4 is 0 Å². The van der Waals surface area contributed by atoms with Gasteiger partial charge >= 0.3 is 5.97 Å². The first-order valence-electron chi connectivity index (χ1n) is 9.62. The Bertz CT molecular complexity index is 1280. The van der Waals surface area contributed by atoms with Gasteiger partial charge in [0.15, 0.2) is 5.69 Å². The predicted molar refractivity (Wildman–Crippen MR) is 131 cm³/mol. The summed E-state index contributed by atoms with van der Waals surface area (Å²) in [6.07, 6.45) is 3.42. The fourth-order valence-electron chi connectivity index (χ4n) is 3.28. The highest BCUT2D eigenvalue weighted by Gasteiger charge is 2.27. The quantitative estimate of drug-likeness (QED) is 0.288. The van der Waals surface area contributed by atoms with E-state index in [0.29, 0.717) is 37.2 Å². The molecule has 1 aromatic carbocycles. The molecule has 3 aromatic heterocycles. The van der Waals surface area contributed by atoms with Crippen LogP contribution >= 0.6 is 46.3 Å². The molecule has 0 radical (unpaired) electrons. The number of carboxylic acid groups (broad SMARTS) is 1. The Morgan fingerprint density at radius 2 is 1.78 bits per heavy atom. The van der Waals surface area contributed by atoms with Crippen molar-refractivity contribution in [3.8, 4) is 27.5 Å². The summed E-state index contributed by atoms with van der Waals surface area (Å²) in [6, 6.07) is 8.73. The highest BCUT2D eigenvalue weighted by molar-refractivity contribution is 8.01. The fourth-order valence-corrected chi connectivity index (χ4v) is 6.28. The minimum Gasteiger partial charge on any atom is -0.476 e. The van der Waals surface area contributed by atoms with Gasteiger partial charge in [-0.2, -0.15) is 9.78 Å². The average molecular weight is 505 g/mol. The first-order chi connectivity index (χ1) is 15.2. The maximum Gasteiger partial charge on any atom is 0.355 e. The third kappa shape index (κ3) is 4.54. The van der Waals surface area contributed by atoms with Crippen LogP contribution in [0, 0.1) is 6.92 Å². The number of rotatable bonds is 6. The molecule has 0 bridgehead atoms. The molecule has 0 amide bonds. The molecule has 0 aliphatic carbocycles.